The molecule has 0 aliphatic carbocycles. The number of aromatic hydroxyl groups is 1. The Bertz CT molecular complexity index is 932. The number of ketones is 1. The Morgan fingerprint density at radius 2 is 1.73 bits per heavy atom. The molecule has 2 aromatic carbocycles. The molecule has 0 amide bonds. The maximum atomic E-state index is 13.1. The van der Waals surface area contributed by atoms with Crippen molar-refractivity contribution in [3.8, 4) is 27.7 Å². The third kappa shape index (κ3) is 3.09. The molecule has 0 unspecified atom stereocenters. The van der Waals surface area contributed by atoms with E-state index in [4.69, 9.17) is 9.47 Å². The first-order valence-electron chi connectivity index (χ1n) is 7.89. The van der Waals surface area contributed by atoms with Crippen LogP contribution in [-0.4, -0.2) is 25.1 Å². The van der Waals surface area contributed by atoms with Gasteiger partial charge in [-0.1, -0.05) is 43.0 Å². The van der Waals surface area contributed by atoms with Gasteiger partial charge in [0.25, 0.3) is 0 Å². The van der Waals surface area contributed by atoms with Gasteiger partial charge in [-0.2, -0.15) is 0 Å². The summed E-state index contributed by atoms with van der Waals surface area (Å²) in [5.74, 6) is 0.0541. The Morgan fingerprint density at radius 1 is 1.12 bits per heavy atom. The molecule has 0 saturated carbocycles. The number of phenolic OH excluding ortho intramolecular Hbond substituents is 1. The van der Waals surface area contributed by atoms with E-state index < -0.39 is 0 Å². The quantitative estimate of drug-likeness (QED) is 0.623. The van der Waals surface area contributed by atoms with Crippen molar-refractivity contribution in [3.63, 3.8) is 0 Å². The first-order chi connectivity index (χ1) is 12.6. The van der Waals surface area contributed by atoms with Crippen molar-refractivity contribution in [2.45, 2.75) is 0 Å². The molecule has 3 aromatic rings. The van der Waals surface area contributed by atoms with Crippen LogP contribution in [0.5, 0.6) is 17.2 Å². The number of phenols is 1. The van der Waals surface area contributed by atoms with E-state index in [1.54, 1.807) is 6.08 Å². The number of carbonyl (C=O) groups excluding carboxylic acids is 1. The zero-order valence-corrected chi connectivity index (χ0v) is 15.3. The van der Waals surface area contributed by atoms with Gasteiger partial charge >= 0.3 is 0 Å². The van der Waals surface area contributed by atoms with Gasteiger partial charge in [-0.25, -0.2) is 0 Å². The molecule has 3 rings (SSSR count). The van der Waals surface area contributed by atoms with E-state index in [1.807, 2.05) is 35.7 Å². The van der Waals surface area contributed by atoms with Crippen molar-refractivity contribution >= 4 is 23.2 Å². The number of ether oxygens (including phenoxy) is 2. The number of hydrogen-bond donors (Lipinski definition) is 1. The van der Waals surface area contributed by atoms with Crippen LogP contribution >= 0.6 is 11.3 Å². The summed E-state index contributed by atoms with van der Waals surface area (Å²) in [5, 5.41) is 11.9. The fourth-order valence-corrected chi connectivity index (χ4v) is 3.80. The Labute approximate surface area is 156 Å². The monoisotopic (exact) mass is 366 g/mol. The van der Waals surface area contributed by atoms with Gasteiger partial charge in [-0.15, -0.1) is 11.3 Å². The summed E-state index contributed by atoms with van der Waals surface area (Å²) in [4.78, 5) is 14.1. The van der Waals surface area contributed by atoms with Crippen molar-refractivity contribution in [1.29, 1.82) is 0 Å². The van der Waals surface area contributed by atoms with E-state index in [0.29, 0.717) is 11.1 Å². The van der Waals surface area contributed by atoms with Crippen LogP contribution in [0.1, 0.15) is 21.5 Å². The molecule has 4 nitrogen and oxygen atoms in total. The van der Waals surface area contributed by atoms with Gasteiger partial charge in [-0.3, -0.25) is 4.79 Å². The summed E-state index contributed by atoms with van der Waals surface area (Å²) >= 11 is 1.50. The SMILES string of the molecule is C=Cc1c(C(=O)c2cc(OC)c(O)c(OC)c2)csc1-c1ccccc1. The number of methoxy groups -OCH3 is 2. The summed E-state index contributed by atoms with van der Waals surface area (Å²) < 4.78 is 10.3. The summed E-state index contributed by atoms with van der Waals surface area (Å²) in [6, 6.07) is 12.9. The Morgan fingerprint density at radius 3 is 2.27 bits per heavy atom. The van der Waals surface area contributed by atoms with Crippen LogP contribution in [0.15, 0.2) is 54.4 Å². The highest BCUT2D eigenvalue weighted by Gasteiger charge is 2.21. The standard InChI is InChI=1S/C21H18O4S/c1-4-15-16(12-26-21(15)13-8-6-5-7-9-13)19(22)14-10-17(24-2)20(23)18(11-14)25-3/h4-12,23H,1H2,2-3H3. The Balaban J connectivity index is 2.09. The highest BCUT2D eigenvalue weighted by molar-refractivity contribution is 7.14. The summed E-state index contributed by atoms with van der Waals surface area (Å²) in [6.07, 6.45) is 1.70. The molecule has 0 spiro atoms. The fourth-order valence-electron chi connectivity index (χ4n) is 2.74. The Kier molecular flexibility index (Phi) is 5.09. The largest absolute Gasteiger partial charge is 0.502 e. The summed E-state index contributed by atoms with van der Waals surface area (Å²) in [5.41, 5.74) is 2.75. The lowest BCUT2D eigenvalue weighted by atomic mass is 9.98. The molecule has 26 heavy (non-hydrogen) atoms. The third-order valence-corrected chi connectivity index (χ3v) is 5.10. The number of carbonyl (C=O) groups is 1. The van der Waals surface area contributed by atoms with E-state index in [9.17, 15) is 9.90 Å². The number of thiophene rings is 1. The average Bonchev–Trinajstić information content (AvgIpc) is 3.12. The van der Waals surface area contributed by atoms with Gasteiger partial charge in [0.2, 0.25) is 5.75 Å². The second-order valence-corrected chi connectivity index (χ2v) is 6.40. The maximum absolute atomic E-state index is 13.1. The fraction of sp³-hybridized carbons (Fsp3) is 0.0952. The maximum Gasteiger partial charge on any atom is 0.200 e. The van der Waals surface area contributed by atoms with Gasteiger partial charge in [0.05, 0.1) is 14.2 Å². The molecule has 5 heteroatoms. The molecule has 0 bridgehead atoms. The molecule has 1 heterocycles. The van der Waals surface area contributed by atoms with Crippen LogP contribution in [0.25, 0.3) is 16.5 Å². The average molecular weight is 366 g/mol. The lowest BCUT2D eigenvalue weighted by Crippen LogP contribution is -2.03. The zero-order chi connectivity index (χ0) is 18.7. The van der Waals surface area contributed by atoms with E-state index in [0.717, 1.165) is 16.0 Å². The lowest BCUT2D eigenvalue weighted by molar-refractivity contribution is 0.103. The summed E-state index contributed by atoms with van der Waals surface area (Å²) in [7, 11) is 2.85. The molecule has 0 radical (unpaired) electrons. The van der Waals surface area contributed by atoms with Crippen LogP contribution in [0.2, 0.25) is 0 Å². The molecule has 1 N–H and O–H groups in total. The van der Waals surface area contributed by atoms with Gasteiger partial charge in [0.1, 0.15) is 0 Å². The molecule has 0 fully saturated rings. The van der Waals surface area contributed by atoms with Crippen molar-refractivity contribution in [1.82, 2.24) is 0 Å². The van der Waals surface area contributed by atoms with Crippen molar-refractivity contribution in [2.75, 3.05) is 14.2 Å². The molecule has 0 atom stereocenters. The van der Waals surface area contributed by atoms with Crippen LogP contribution in [0.4, 0.5) is 0 Å². The smallest absolute Gasteiger partial charge is 0.200 e. The van der Waals surface area contributed by atoms with Gasteiger partial charge in [0, 0.05) is 26.9 Å². The number of rotatable bonds is 6. The van der Waals surface area contributed by atoms with Crippen LogP contribution in [0, 0.1) is 0 Å². The molecule has 0 saturated heterocycles. The minimum atomic E-state index is -0.185. The van der Waals surface area contributed by atoms with Crippen molar-refractivity contribution in [2.24, 2.45) is 0 Å². The first kappa shape index (κ1) is 17.8. The number of hydrogen-bond acceptors (Lipinski definition) is 5. The minimum Gasteiger partial charge on any atom is -0.502 e. The van der Waals surface area contributed by atoms with Gasteiger partial charge in [0.15, 0.2) is 17.3 Å². The summed E-state index contributed by atoms with van der Waals surface area (Å²) in [6.45, 7) is 3.87. The van der Waals surface area contributed by atoms with E-state index in [-0.39, 0.29) is 23.0 Å². The topological polar surface area (TPSA) is 55.8 Å². The second-order valence-electron chi connectivity index (χ2n) is 5.52. The normalized spacial score (nSPS) is 10.4. The van der Waals surface area contributed by atoms with Gasteiger partial charge in [-0.05, 0) is 17.7 Å². The molecule has 132 valence electrons. The predicted octanol–water partition coefficient (Wildman–Crippen LogP) is 5.01. The van der Waals surface area contributed by atoms with Crippen molar-refractivity contribution < 1.29 is 19.4 Å². The van der Waals surface area contributed by atoms with Crippen LogP contribution < -0.4 is 9.47 Å². The zero-order valence-electron chi connectivity index (χ0n) is 14.5. The molecule has 1 aromatic heterocycles. The molecular formula is C21H18O4S. The predicted molar refractivity (Wildman–Crippen MR) is 104 cm³/mol. The van der Waals surface area contributed by atoms with E-state index in [1.165, 1.54) is 37.7 Å². The Hall–Kier alpha value is -3.05. The number of benzene rings is 2. The van der Waals surface area contributed by atoms with Gasteiger partial charge < -0.3 is 14.6 Å². The minimum absolute atomic E-state index is 0.134. The van der Waals surface area contributed by atoms with E-state index in [2.05, 4.69) is 6.58 Å². The second kappa shape index (κ2) is 7.45. The lowest BCUT2D eigenvalue weighted by Gasteiger charge is -2.11. The molecular weight excluding hydrogens is 348 g/mol. The molecule has 0 aliphatic heterocycles. The van der Waals surface area contributed by atoms with Crippen molar-refractivity contribution in [3.05, 3.63) is 71.1 Å². The van der Waals surface area contributed by atoms with Crippen LogP contribution in [0.3, 0.4) is 0 Å². The van der Waals surface area contributed by atoms with Crippen LogP contribution in [-0.2, 0) is 0 Å². The van der Waals surface area contributed by atoms with E-state index >= 15 is 0 Å². The molecule has 0 aliphatic rings. The highest BCUT2D eigenvalue weighted by Crippen LogP contribution is 2.39. The highest BCUT2D eigenvalue weighted by atomic mass is 32.1. The first-order valence-corrected chi connectivity index (χ1v) is 8.77. The third-order valence-electron chi connectivity index (χ3n) is 4.06.